The number of esters is 1. The maximum absolute atomic E-state index is 11.7. The number of methoxy groups -OCH3 is 1. The van der Waals surface area contributed by atoms with Crippen molar-refractivity contribution in [1.29, 1.82) is 0 Å². The molecule has 1 aromatic heterocycles. The van der Waals surface area contributed by atoms with Gasteiger partial charge in [0, 0.05) is 35.1 Å². The average molecular weight is 506 g/mol. The minimum atomic E-state index is -0.364. The molecule has 2 aromatic carbocycles. The molecule has 3 rings (SSSR count). The van der Waals surface area contributed by atoms with Crippen LogP contribution in [0.1, 0.15) is 59.4 Å². The van der Waals surface area contributed by atoms with Gasteiger partial charge in [0.2, 0.25) is 0 Å². The Balaban J connectivity index is 1.87. The number of carbonyl (C=O) groups excluding carboxylic acids is 1. The van der Waals surface area contributed by atoms with Gasteiger partial charge >= 0.3 is 5.97 Å². The number of carbonyl (C=O) groups is 1. The summed E-state index contributed by atoms with van der Waals surface area (Å²) in [5.74, 6) is 1.89. The van der Waals surface area contributed by atoms with Gasteiger partial charge < -0.3 is 18.8 Å². The average Bonchev–Trinajstić information content (AvgIpc) is 3.22. The molecule has 1 atom stereocenters. The highest BCUT2D eigenvalue weighted by Crippen LogP contribution is 2.37. The Kier molecular flexibility index (Phi) is 10.2. The van der Waals surface area contributed by atoms with Gasteiger partial charge in [0.25, 0.3) is 0 Å². The minimum absolute atomic E-state index is 0.0668. The summed E-state index contributed by atoms with van der Waals surface area (Å²) in [4.78, 5) is 11.7. The van der Waals surface area contributed by atoms with Crippen LogP contribution >= 0.6 is 0 Å². The molecule has 0 aliphatic heterocycles. The van der Waals surface area contributed by atoms with E-state index in [2.05, 4.69) is 68.3 Å². The van der Waals surface area contributed by atoms with Crippen LogP contribution in [0.4, 0.5) is 0 Å². The topological polar surface area (TPSA) is 49.7 Å². The first-order valence-corrected chi connectivity index (χ1v) is 13.5. The van der Waals surface area contributed by atoms with E-state index in [-0.39, 0.29) is 11.9 Å². The Bertz CT molecular complexity index is 1210. The lowest BCUT2D eigenvalue weighted by Gasteiger charge is -2.17. The predicted molar refractivity (Wildman–Crippen MR) is 152 cm³/mol. The first kappa shape index (κ1) is 28.4. The third-order valence-corrected chi connectivity index (χ3v) is 6.42. The third-order valence-electron chi connectivity index (χ3n) is 6.42. The summed E-state index contributed by atoms with van der Waals surface area (Å²) in [6.07, 6.45) is 4.74. The highest BCUT2D eigenvalue weighted by Gasteiger charge is 2.17. The Morgan fingerprint density at radius 2 is 1.81 bits per heavy atom. The van der Waals surface area contributed by atoms with Crippen LogP contribution in [0.5, 0.6) is 11.5 Å². The van der Waals surface area contributed by atoms with Crippen LogP contribution in [0.25, 0.3) is 22.2 Å². The summed E-state index contributed by atoms with van der Waals surface area (Å²) in [6.45, 7) is 15.6. The highest BCUT2D eigenvalue weighted by molar-refractivity contribution is 5.89. The van der Waals surface area contributed by atoms with Crippen molar-refractivity contribution in [2.24, 2.45) is 11.8 Å². The Hall–Kier alpha value is -3.21. The van der Waals surface area contributed by atoms with E-state index in [4.69, 9.17) is 14.2 Å². The van der Waals surface area contributed by atoms with Gasteiger partial charge in [0.15, 0.2) is 0 Å². The molecule has 0 fully saturated rings. The molecule has 0 saturated heterocycles. The van der Waals surface area contributed by atoms with Crippen molar-refractivity contribution in [2.45, 2.75) is 66.8 Å². The van der Waals surface area contributed by atoms with E-state index in [0.717, 1.165) is 41.2 Å². The zero-order valence-electron chi connectivity index (χ0n) is 23.4. The molecule has 3 aromatic rings. The third kappa shape index (κ3) is 7.64. The fraction of sp³-hybridized carbons (Fsp3) is 0.469. The number of aryl methyl sites for hydroxylation is 1. The second-order valence-electron chi connectivity index (χ2n) is 10.5. The largest absolute Gasteiger partial charge is 0.496 e. The quantitative estimate of drug-likeness (QED) is 0.127. The summed E-state index contributed by atoms with van der Waals surface area (Å²) >= 11 is 0. The van der Waals surface area contributed by atoms with E-state index in [1.54, 1.807) is 14.0 Å². The van der Waals surface area contributed by atoms with Crippen molar-refractivity contribution in [3.05, 3.63) is 60.2 Å². The fourth-order valence-corrected chi connectivity index (χ4v) is 4.42. The number of aromatic nitrogens is 1. The van der Waals surface area contributed by atoms with Crippen molar-refractivity contribution in [3.8, 4) is 22.8 Å². The molecule has 1 unspecified atom stereocenters. The van der Waals surface area contributed by atoms with Gasteiger partial charge in [-0.25, -0.2) is 4.79 Å². The Morgan fingerprint density at radius 1 is 1.03 bits per heavy atom. The van der Waals surface area contributed by atoms with Gasteiger partial charge in [-0.1, -0.05) is 53.2 Å². The van der Waals surface area contributed by atoms with Crippen molar-refractivity contribution >= 4 is 16.9 Å². The van der Waals surface area contributed by atoms with Crippen LogP contribution < -0.4 is 9.47 Å². The maximum atomic E-state index is 11.7. The number of nitrogens with zero attached hydrogens (tertiary/aromatic N) is 1. The van der Waals surface area contributed by atoms with E-state index >= 15 is 0 Å². The predicted octanol–water partition coefficient (Wildman–Crippen LogP) is 7.84. The highest BCUT2D eigenvalue weighted by atomic mass is 16.5. The molecule has 0 amide bonds. The second-order valence-corrected chi connectivity index (χ2v) is 10.5. The van der Waals surface area contributed by atoms with E-state index in [1.807, 2.05) is 13.0 Å². The van der Waals surface area contributed by atoms with Crippen molar-refractivity contribution < 1.29 is 19.0 Å². The molecule has 37 heavy (non-hydrogen) atoms. The lowest BCUT2D eigenvalue weighted by molar-refractivity contribution is -0.140. The summed E-state index contributed by atoms with van der Waals surface area (Å²) in [6, 6.07) is 15.1. The molecule has 0 N–H and O–H groups in total. The number of rotatable bonds is 14. The molecular weight excluding hydrogens is 462 g/mol. The van der Waals surface area contributed by atoms with Crippen LogP contribution in [0.3, 0.4) is 0 Å². The number of ether oxygens (including phenoxy) is 3. The maximum Gasteiger partial charge on any atom is 0.333 e. The standard InChI is InChI=1S/C32H43NO4/c1-8-9-10-11-25-12-15-28(31(16-25)35-7)30-17-26-13-14-27(18-29(26)33(30)19-22(2)3)36-20-24(6)21-37-32(34)23(4)5/h12-18,22,24H,4,8-11,19-21H2,1-3,5-7H3. The van der Waals surface area contributed by atoms with Gasteiger partial charge in [0.05, 0.1) is 31.5 Å². The van der Waals surface area contributed by atoms with Crippen LogP contribution in [0, 0.1) is 11.8 Å². The molecular formula is C32H43NO4. The van der Waals surface area contributed by atoms with E-state index in [9.17, 15) is 4.79 Å². The number of unbranched alkanes of at least 4 members (excludes halogenated alkanes) is 2. The van der Waals surface area contributed by atoms with E-state index in [0.29, 0.717) is 24.7 Å². The van der Waals surface area contributed by atoms with Crippen LogP contribution in [0.2, 0.25) is 0 Å². The zero-order valence-corrected chi connectivity index (χ0v) is 23.4. The van der Waals surface area contributed by atoms with Gasteiger partial charge in [-0.3, -0.25) is 0 Å². The van der Waals surface area contributed by atoms with Crippen molar-refractivity contribution in [1.82, 2.24) is 4.57 Å². The molecule has 1 heterocycles. The minimum Gasteiger partial charge on any atom is -0.496 e. The molecule has 0 radical (unpaired) electrons. The zero-order chi connectivity index (χ0) is 26.9. The van der Waals surface area contributed by atoms with Gasteiger partial charge in [-0.2, -0.15) is 0 Å². The Labute approximate surface area is 222 Å². The molecule has 5 heteroatoms. The van der Waals surface area contributed by atoms with Gasteiger partial charge in [0.1, 0.15) is 11.5 Å². The number of hydrogen-bond donors (Lipinski definition) is 0. The summed E-state index contributed by atoms with van der Waals surface area (Å²) in [5, 5.41) is 1.17. The lowest BCUT2D eigenvalue weighted by Crippen LogP contribution is -2.18. The SMILES string of the molecule is C=C(C)C(=O)OCC(C)COc1ccc2cc(-c3ccc(CCCCC)cc3OC)n(CC(C)C)c2c1. The number of hydrogen-bond acceptors (Lipinski definition) is 4. The van der Waals surface area contributed by atoms with Crippen LogP contribution in [0.15, 0.2) is 54.6 Å². The smallest absolute Gasteiger partial charge is 0.333 e. The summed E-state index contributed by atoms with van der Waals surface area (Å²) in [7, 11) is 1.75. The van der Waals surface area contributed by atoms with Crippen molar-refractivity contribution in [3.63, 3.8) is 0 Å². The van der Waals surface area contributed by atoms with Gasteiger partial charge in [-0.15, -0.1) is 0 Å². The molecule has 5 nitrogen and oxygen atoms in total. The first-order valence-electron chi connectivity index (χ1n) is 13.5. The number of fused-ring (bicyclic) bond motifs is 1. The Morgan fingerprint density at radius 3 is 2.49 bits per heavy atom. The molecule has 0 bridgehead atoms. The van der Waals surface area contributed by atoms with E-state index < -0.39 is 0 Å². The molecule has 0 aliphatic carbocycles. The first-order chi connectivity index (χ1) is 17.7. The molecule has 0 saturated carbocycles. The molecule has 0 aliphatic rings. The van der Waals surface area contributed by atoms with Gasteiger partial charge in [-0.05, 0) is 61.6 Å². The second kappa shape index (κ2) is 13.4. The lowest BCUT2D eigenvalue weighted by atomic mass is 10.0. The van der Waals surface area contributed by atoms with Crippen LogP contribution in [-0.4, -0.2) is 30.9 Å². The summed E-state index contributed by atoms with van der Waals surface area (Å²) < 4.78 is 19.6. The number of benzene rings is 2. The monoisotopic (exact) mass is 505 g/mol. The van der Waals surface area contributed by atoms with Crippen molar-refractivity contribution in [2.75, 3.05) is 20.3 Å². The van der Waals surface area contributed by atoms with Crippen LogP contribution in [-0.2, 0) is 22.5 Å². The molecule has 200 valence electrons. The normalized spacial score (nSPS) is 12.1. The molecule has 0 spiro atoms. The fourth-order valence-electron chi connectivity index (χ4n) is 4.42. The summed E-state index contributed by atoms with van der Waals surface area (Å²) in [5.41, 5.74) is 5.12. The van der Waals surface area contributed by atoms with E-state index in [1.165, 1.54) is 30.2 Å².